The molecule has 1 aliphatic heterocycles. The number of aliphatic imine (C=N–C) groups is 1. The lowest BCUT2D eigenvalue weighted by atomic mass is 9.98. The van der Waals surface area contributed by atoms with E-state index in [1.165, 1.54) is 5.56 Å². The predicted octanol–water partition coefficient (Wildman–Crippen LogP) is 4.85. The van der Waals surface area contributed by atoms with Crippen LogP contribution in [0.2, 0.25) is 0 Å². The summed E-state index contributed by atoms with van der Waals surface area (Å²) >= 11 is 0. The summed E-state index contributed by atoms with van der Waals surface area (Å²) in [4.78, 5) is 17.5. The molecule has 27 heavy (non-hydrogen) atoms. The molecule has 0 amide bonds. The summed E-state index contributed by atoms with van der Waals surface area (Å²) in [5, 5.41) is 0. The van der Waals surface area contributed by atoms with Gasteiger partial charge < -0.3 is 9.47 Å². The standard InChI is InChI=1S/C23H27NO3/c1-23(2)16-27-22(24-23)19-14-13-18(26-3)15-20(19)21(25)12-8-7-11-17-9-5-4-6-10-17/h4-6,9-10,13-15H,7-8,11-12,16H2,1-3H3. The van der Waals surface area contributed by atoms with Crippen molar-refractivity contribution in [3.63, 3.8) is 0 Å². The maximum atomic E-state index is 12.9. The molecule has 0 saturated carbocycles. The highest BCUT2D eigenvalue weighted by Crippen LogP contribution is 2.26. The van der Waals surface area contributed by atoms with Gasteiger partial charge in [0.25, 0.3) is 0 Å². The van der Waals surface area contributed by atoms with Crippen molar-refractivity contribution in [3.05, 3.63) is 65.2 Å². The minimum Gasteiger partial charge on any atom is -0.497 e. The zero-order valence-electron chi connectivity index (χ0n) is 16.3. The topological polar surface area (TPSA) is 47.9 Å². The van der Waals surface area contributed by atoms with Crippen molar-refractivity contribution in [1.29, 1.82) is 0 Å². The molecule has 1 aliphatic rings. The second-order valence-electron chi connectivity index (χ2n) is 7.55. The van der Waals surface area contributed by atoms with Gasteiger partial charge in [-0.1, -0.05) is 30.3 Å². The van der Waals surface area contributed by atoms with Gasteiger partial charge in [-0.3, -0.25) is 4.79 Å². The molecule has 3 rings (SSSR count). The molecule has 0 fully saturated rings. The van der Waals surface area contributed by atoms with Gasteiger partial charge in [0.05, 0.1) is 12.6 Å². The fourth-order valence-corrected chi connectivity index (χ4v) is 3.18. The fourth-order valence-electron chi connectivity index (χ4n) is 3.18. The highest BCUT2D eigenvalue weighted by Gasteiger charge is 2.29. The highest BCUT2D eigenvalue weighted by atomic mass is 16.5. The van der Waals surface area contributed by atoms with Gasteiger partial charge in [0.1, 0.15) is 12.4 Å². The first-order valence-electron chi connectivity index (χ1n) is 9.47. The van der Waals surface area contributed by atoms with Crippen LogP contribution in [0.15, 0.2) is 53.5 Å². The molecule has 2 aromatic rings. The average molecular weight is 365 g/mol. The number of aryl methyl sites for hydroxylation is 1. The number of hydrogen-bond acceptors (Lipinski definition) is 4. The largest absolute Gasteiger partial charge is 0.497 e. The van der Waals surface area contributed by atoms with E-state index in [-0.39, 0.29) is 11.3 Å². The molecule has 0 radical (unpaired) electrons. The third kappa shape index (κ3) is 4.97. The number of ether oxygens (including phenoxy) is 2. The molecule has 142 valence electrons. The number of Topliss-reactive ketones (excluding diaryl/α,β-unsaturated/α-hetero) is 1. The SMILES string of the molecule is COc1ccc(C2=NC(C)(C)CO2)c(C(=O)CCCCc2ccccc2)c1. The normalized spacial score (nSPS) is 15.1. The molecule has 0 saturated heterocycles. The quantitative estimate of drug-likeness (QED) is 0.496. The Labute approximate surface area is 161 Å². The van der Waals surface area contributed by atoms with Crippen LogP contribution in [0.1, 0.15) is 54.6 Å². The third-order valence-electron chi connectivity index (χ3n) is 4.69. The number of rotatable bonds is 8. The minimum atomic E-state index is -0.259. The molecular formula is C23H27NO3. The van der Waals surface area contributed by atoms with Gasteiger partial charge in [-0.2, -0.15) is 0 Å². The molecule has 0 N–H and O–H groups in total. The molecule has 0 spiro atoms. The maximum absolute atomic E-state index is 12.9. The molecule has 0 aromatic heterocycles. The Hall–Kier alpha value is -2.62. The molecular weight excluding hydrogens is 338 g/mol. The van der Waals surface area contributed by atoms with E-state index in [1.807, 2.05) is 44.2 Å². The Bertz CT molecular complexity index is 825. The van der Waals surface area contributed by atoms with E-state index in [9.17, 15) is 4.79 Å². The Morgan fingerprint density at radius 2 is 1.93 bits per heavy atom. The lowest BCUT2D eigenvalue weighted by molar-refractivity contribution is 0.0978. The number of benzene rings is 2. The van der Waals surface area contributed by atoms with Crippen LogP contribution < -0.4 is 4.74 Å². The summed E-state index contributed by atoms with van der Waals surface area (Å²) in [7, 11) is 1.61. The number of carbonyl (C=O) groups is 1. The van der Waals surface area contributed by atoms with Crippen molar-refractivity contribution < 1.29 is 14.3 Å². The Balaban J connectivity index is 1.69. The molecule has 0 unspecified atom stereocenters. The fraction of sp³-hybridized carbons (Fsp3) is 0.391. The van der Waals surface area contributed by atoms with Gasteiger partial charge in [-0.05, 0) is 56.9 Å². The Kier molecular flexibility index (Phi) is 5.94. The lowest BCUT2D eigenvalue weighted by Gasteiger charge is -2.11. The predicted molar refractivity (Wildman–Crippen MR) is 108 cm³/mol. The maximum Gasteiger partial charge on any atom is 0.217 e. The van der Waals surface area contributed by atoms with Crippen molar-refractivity contribution in [3.8, 4) is 5.75 Å². The van der Waals surface area contributed by atoms with Gasteiger partial charge in [0.2, 0.25) is 5.90 Å². The summed E-state index contributed by atoms with van der Waals surface area (Å²) in [6.07, 6.45) is 3.33. The van der Waals surface area contributed by atoms with Crippen molar-refractivity contribution in [2.75, 3.05) is 13.7 Å². The van der Waals surface area contributed by atoms with Crippen LogP contribution in [0.3, 0.4) is 0 Å². The summed E-state index contributed by atoms with van der Waals surface area (Å²) < 4.78 is 11.1. The van der Waals surface area contributed by atoms with E-state index in [4.69, 9.17) is 9.47 Å². The molecule has 0 aliphatic carbocycles. The first-order chi connectivity index (χ1) is 13.0. The van der Waals surface area contributed by atoms with Gasteiger partial charge in [0, 0.05) is 17.5 Å². The van der Waals surface area contributed by atoms with Gasteiger partial charge in [-0.15, -0.1) is 0 Å². The summed E-state index contributed by atoms with van der Waals surface area (Å²) in [5.74, 6) is 1.33. The first-order valence-corrected chi connectivity index (χ1v) is 9.47. The summed E-state index contributed by atoms with van der Waals surface area (Å²) in [6, 6.07) is 15.9. The van der Waals surface area contributed by atoms with Crippen molar-refractivity contribution in [2.24, 2.45) is 4.99 Å². The second kappa shape index (κ2) is 8.38. The lowest BCUT2D eigenvalue weighted by Crippen LogP contribution is -2.17. The van der Waals surface area contributed by atoms with E-state index in [1.54, 1.807) is 13.2 Å². The number of nitrogens with zero attached hydrogens (tertiary/aromatic N) is 1. The zero-order valence-corrected chi connectivity index (χ0v) is 16.3. The molecule has 1 heterocycles. The van der Waals surface area contributed by atoms with E-state index in [0.717, 1.165) is 24.8 Å². The molecule has 0 bridgehead atoms. The van der Waals surface area contributed by atoms with E-state index in [2.05, 4.69) is 17.1 Å². The first kappa shape index (κ1) is 19.2. The van der Waals surface area contributed by atoms with Crippen molar-refractivity contribution in [1.82, 2.24) is 0 Å². The summed E-state index contributed by atoms with van der Waals surface area (Å²) in [5.41, 5.74) is 2.44. The van der Waals surface area contributed by atoms with Crippen LogP contribution in [0, 0.1) is 0 Å². The number of ketones is 1. The Morgan fingerprint density at radius 3 is 2.59 bits per heavy atom. The van der Waals surface area contributed by atoms with Crippen LogP contribution in [-0.2, 0) is 11.2 Å². The third-order valence-corrected chi connectivity index (χ3v) is 4.69. The molecule has 2 aromatic carbocycles. The van der Waals surface area contributed by atoms with Crippen LogP contribution in [0.25, 0.3) is 0 Å². The van der Waals surface area contributed by atoms with Crippen LogP contribution >= 0.6 is 0 Å². The summed E-state index contributed by atoms with van der Waals surface area (Å²) in [6.45, 7) is 4.57. The number of unbranched alkanes of at least 4 members (excludes halogenated alkanes) is 1. The number of methoxy groups -OCH3 is 1. The van der Waals surface area contributed by atoms with E-state index >= 15 is 0 Å². The van der Waals surface area contributed by atoms with Gasteiger partial charge >= 0.3 is 0 Å². The zero-order chi connectivity index (χ0) is 19.3. The smallest absolute Gasteiger partial charge is 0.217 e. The second-order valence-corrected chi connectivity index (χ2v) is 7.55. The number of hydrogen-bond donors (Lipinski definition) is 0. The highest BCUT2D eigenvalue weighted by molar-refractivity contribution is 6.08. The van der Waals surface area contributed by atoms with E-state index < -0.39 is 0 Å². The van der Waals surface area contributed by atoms with Gasteiger partial charge in [0.15, 0.2) is 5.78 Å². The van der Waals surface area contributed by atoms with Crippen molar-refractivity contribution >= 4 is 11.7 Å². The molecule has 4 heteroatoms. The average Bonchev–Trinajstić information content (AvgIpc) is 3.05. The molecule has 0 atom stereocenters. The number of carbonyl (C=O) groups excluding carboxylic acids is 1. The van der Waals surface area contributed by atoms with E-state index in [0.29, 0.717) is 30.2 Å². The monoisotopic (exact) mass is 365 g/mol. The van der Waals surface area contributed by atoms with Crippen LogP contribution in [0.4, 0.5) is 0 Å². The van der Waals surface area contributed by atoms with Crippen LogP contribution in [0.5, 0.6) is 5.75 Å². The van der Waals surface area contributed by atoms with Crippen molar-refractivity contribution in [2.45, 2.75) is 45.1 Å². The minimum absolute atomic E-state index is 0.105. The van der Waals surface area contributed by atoms with Crippen LogP contribution in [-0.4, -0.2) is 30.9 Å². The Morgan fingerprint density at radius 1 is 1.15 bits per heavy atom. The molecule has 4 nitrogen and oxygen atoms in total. The van der Waals surface area contributed by atoms with Gasteiger partial charge in [-0.25, -0.2) is 4.99 Å².